The number of aromatic nitrogens is 1. The quantitative estimate of drug-likeness (QED) is 0.802. The van der Waals surface area contributed by atoms with Crippen LogP contribution in [0.25, 0.3) is 0 Å². The molecule has 1 aromatic heterocycles. The van der Waals surface area contributed by atoms with E-state index in [4.69, 9.17) is 16.3 Å². The van der Waals surface area contributed by atoms with Gasteiger partial charge in [0.25, 0.3) is 0 Å². The third kappa shape index (κ3) is 4.37. The van der Waals surface area contributed by atoms with Gasteiger partial charge in [-0.25, -0.2) is 9.78 Å². The lowest BCUT2D eigenvalue weighted by Gasteiger charge is -2.19. The van der Waals surface area contributed by atoms with Crippen molar-refractivity contribution in [1.29, 1.82) is 0 Å². The van der Waals surface area contributed by atoms with E-state index in [0.717, 1.165) is 4.47 Å². The van der Waals surface area contributed by atoms with Crippen molar-refractivity contribution in [3.8, 4) is 0 Å². The Morgan fingerprint density at radius 3 is 2.75 bits per heavy atom. The monoisotopic (exact) mass is 306 g/mol. The van der Waals surface area contributed by atoms with E-state index in [1.165, 1.54) is 0 Å². The molecule has 1 rings (SSSR count). The molecule has 0 unspecified atom stereocenters. The van der Waals surface area contributed by atoms with Gasteiger partial charge >= 0.3 is 6.09 Å². The Labute approximate surface area is 107 Å². The molecule has 0 aliphatic rings. The fourth-order valence-corrected chi connectivity index (χ4v) is 1.41. The predicted octanol–water partition coefficient (Wildman–Crippen LogP) is 3.84. The van der Waals surface area contributed by atoms with Crippen molar-refractivity contribution in [3.05, 3.63) is 21.9 Å². The van der Waals surface area contributed by atoms with Crippen LogP contribution in [-0.4, -0.2) is 16.7 Å². The molecule has 6 heteroatoms. The Balaban J connectivity index is 2.73. The van der Waals surface area contributed by atoms with Crippen LogP contribution in [-0.2, 0) is 4.74 Å². The molecule has 1 amide bonds. The summed E-state index contributed by atoms with van der Waals surface area (Å²) in [6.45, 7) is 5.36. The first-order chi connectivity index (χ1) is 7.28. The molecule has 16 heavy (non-hydrogen) atoms. The fourth-order valence-electron chi connectivity index (χ4n) is 0.924. The summed E-state index contributed by atoms with van der Waals surface area (Å²) in [6, 6.07) is 1.65. The number of hydrogen-bond donors (Lipinski definition) is 1. The van der Waals surface area contributed by atoms with Crippen molar-refractivity contribution in [2.75, 3.05) is 5.32 Å². The van der Waals surface area contributed by atoms with E-state index < -0.39 is 11.7 Å². The number of anilines is 1. The Bertz CT molecular complexity index is 404. The topological polar surface area (TPSA) is 51.2 Å². The number of amides is 1. The van der Waals surface area contributed by atoms with Crippen molar-refractivity contribution >= 4 is 39.3 Å². The number of hydrogen-bond acceptors (Lipinski definition) is 3. The number of halogens is 2. The number of carbonyl (C=O) groups is 1. The number of carbonyl (C=O) groups excluding carboxylic acids is 1. The second-order valence-electron chi connectivity index (χ2n) is 4.12. The largest absolute Gasteiger partial charge is 0.444 e. The number of pyridine rings is 1. The highest BCUT2D eigenvalue weighted by Gasteiger charge is 2.17. The molecular formula is C10H12BrClN2O2. The molecule has 0 spiro atoms. The lowest BCUT2D eigenvalue weighted by Crippen LogP contribution is -2.27. The van der Waals surface area contributed by atoms with Gasteiger partial charge in [-0.1, -0.05) is 11.6 Å². The zero-order valence-electron chi connectivity index (χ0n) is 9.17. The summed E-state index contributed by atoms with van der Waals surface area (Å²) in [6.07, 6.45) is 0.983. The first-order valence-electron chi connectivity index (χ1n) is 4.59. The molecule has 0 aliphatic heterocycles. The van der Waals surface area contributed by atoms with Gasteiger partial charge in [0.05, 0.1) is 5.69 Å². The lowest BCUT2D eigenvalue weighted by atomic mass is 10.2. The normalized spacial score (nSPS) is 11.1. The molecule has 0 bridgehead atoms. The average molecular weight is 308 g/mol. The second kappa shape index (κ2) is 5.01. The van der Waals surface area contributed by atoms with E-state index in [1.807, 2.05) is 0 Å². The molecular weight excluding hydrogens is 295 g/mol. The lowest BCUT2D eigenvalue weighted by molar-refractivity contribution is 0.0636. The van der Waals surface area contributed by atoms with Gasteiger partial charge in [-0.05, 0) is 42.8 Å². The Kier molecular flexibility index (Phi) is 4.15. The highest BCUT2D eigenvalue weighted by atomic mass is 79.9. The molecule has 0 saturated carbocycles. The van der Waals surface area contributed by atoms with Crippen LogP contribution in [0.5, 0.6) is 0 Å². The molecule has 0 radical (unpaired) electrons. The molecule has 0 atom stereocenters. The van der Waals surface area contributed by atoms with Crippen molar-refractivity contribution in [2.24, 2.45) is 0 Å². The Morgan fingerprint density at radius 1 is 1.56 bits per heavy atom. The highest BCUT2D eigenvalue weighted by Crippen LogP contribution is 2.23. The van der Waals surface area contributed by atoms with Crippen molar-refractivity contribution in [2.45, 2.75) is 26.4 Å². The minimum Gasteiger partial charge on any atom is -0.444 e. The second-order valence-corrected chi connectivity index (χ2v) is 5.39. The minimum atomic E-state index is -0.561. The van der Waals surface area contributed by atoms with Crippen LogP contribution in [0.3, 0.4) is 0 Å². The summed E-state index contributed by atoms with van der Waals surface area (Å²) in [5.41, 5.74) is -0.138. The maximum atomic E-state index is 11.5. The van der Waals surface area contributed by atoms with Crippen molar-refractivity contribution in [3.63, 3.8) is 0 Å². The van der Waals surface area contributed by atoms with Crippen molar-refractivity contribution < 1.29 is 9.53 Å². The van der Waals surface area contributed by atoms with Crippen LogP contribution >= 0.6 is 27.5 Å². The van der Waals surface area contributed by atoms with Crippen LogP contribution in [0.4, 0.5) is 10.5 Å². The molecule has 0 fully saturated rings. The molecule has 0 saturated heterocycles. The van der Waals surface area contributed by atoms with Gasteiger partial charge < -0.3 is 4.74 Å². The Hall–Kier alpha value is -0.810. The zero-order chi connectivity index (χ0) is 12.3. The zero-order valence-corrected chi connectivity index (χ0v) is 11.5. The summed E-state index contributed by atoms with van der Waals surface area (Å²) < 4.78 is 5.81. The molecule has 4 nitrogen and oxygen atoms in total. The predicted molar refractivity (Wildman–Crippen MR) is 66.8 cm³/mol. The number of rotatable bonds is 1. The minimum absolute atomic E-state index is 0.217. The van der Waals surface area contributed by atoms with Crippen LogP contribution in [0, 0.1) is 0 Å². The first-order valence-corrected chi connectivity index (χ1v) is 5.76. The van der Waals surface area contributed by atoms with Gasteiger partial charge in [0.15, 0.2) is 5.15 Å². The molecule has 1 N–H and O–H groups in total. The summed E-state index contributed by atoms with van der Waals surface area (Å²) >= 11 is 9.04. The summed E-state index contributed by atoms with van der Waals surface area (Å²) in [4.78, 5) is 15.3. The number of ether oxygens (including phenoxy) is 1. The third-order valence-corrected chi connectivity index (χ3v) is 2.18. The maximum absolute atomic E-state index is 11.5. The van der Waals surface area contributed by atoms with Crippen LogP contribution in [0.2, 0.25) is 5.15 Å². The molecule has 0 aliphatic carbocycles. The summed E-state index contributed by atoms with van der Waals surface area (Å²) in [7, 11) is 0. The smallest absolute Gasteiger partial charge is 0.412 e. The maximum Gasteiger partial charge on any atom is 0.412 e. The van der Waals surface area contributed by atoms with Gasteiger partial charge in [0.2, 0.25) is 0 Å². The van der Waals surface area contributed by atoms with E-state index in [-0.39, 0.29) is 5.15 Å². The van der Waals surface area contributed by atoms with Crippen LogP contribution in [0.1, 0.15) is 20.8 Å². The third-order valence-electron chi connectivity index (χ3n) is 1.44. The molecule has 1 aromatic rings. The number of nitrogens with one attached hydrogen (secondary N) is 1. The van der Waals surface area contributed by atoms with E-state index in [1.54, 1.807) is 33.0 Å². The molecule has 88 valence electrons. The van der Waals surface area contributed by atoms with E-state index in [9.17, 15) is 4.79 Å². The van der Waals surface area contributed by atoms with E-state index >= 15 is 0 Å². The van der Waals surface area contributed by atoms with Gasteiger partial charge in [-0.2, -0.15) is 0 Å². The SMILES string of the molecule is CC(C)(C)OC(=O)Nc1cc(Br)cnc1Cl. The summed E-state index contributed by atoms with van der Waals surface area (Å²) in [5.74, 6) is 0. The van der Waals surface area contributed by atoms with Gasteiger partial charge in [0, 0.05) is 10.7 Å². The van der Waals surface area contributed by atoms with Crippen LogP contribution in [0.15, 0.2) is 16.7 Å². The highest BCUT2D eigenvalue weighted by molar-refractivity contribution is 9.10. The standard InChI is InChI=1S/C10H12BrClN2O2/c1-10(2,3)16-9(15)14-7-4-6(11)5-13-8(7)12/h4-5H,1-3H3,(H,14,15). The van der Waals surface area contributed by atoms with Gasteiger partial charge in [-0.15, -0.1) is 0 Å². The summed E-state index contributed by atoms with van der Waals surface area (Å²) in [5, 5.41) is 2.74. The fraction of sp³-hybridized carbons (Fsp3) is 0.400. The van der Waals surface area contributed by atoms with E-state index in [2.05, 4.69) is 26.2 Å². The first kappa shape index (κ1) is 13.3. The van der Waals surface area contributed by atoms with Crippen molar-refractivity contribution in [1.82, 2.24) is 4.98 Å². The molecule has 1 heterocycles. The molecule has 0 aromatic carbocycles. The van der Waals surface area contributed by atoms with E-state index in [0.29, 0.717) is 5.69 Å². The van der Waals surface area contributed by atoms with Crippen LogP contribution < -0.4 is 5.32 Å². The van der Waals surface area contributed by atoms with Gasteiger partial charge in [-0.3, -0.25) is 5.32 Å². The average Bonchev–Trinajstić information content (AvgIpc) is 2.08. The van der Waals surface area contributed by atoms with Gasteiger partial charge in [0.1, 0.15) is 5.60 Å². The number of nitrogens with zero attached hydrogens (tertiary/aromatic N) is 1. The Morgan fingerprint density at radius 2 is 2.19 bits per heavy atom.